The van der Waals surface area contributed by atoms with Gasteiger partial charge in [0.25, 0.3) is 5.69 Å². The van der Waals surface area contributed by atoms with Crippen molar-refractivity contribution in [1.29, 1.82) is 0 Å². The molecule has 5 nitrogen and oxygen atoms in total. The molecule has 0 bridgehead atoms. The van der Waals surface area contributed by atoms with Gasteiger partial charge < -0.3 is 18.1 Å². The average Bonchev–Trinajstić information content (AvgIpc) is 2.75. The van der Waals surface area contributed by atoms with Crippen LogP contribution in [0.3, 0.4) is 0 Å². The minimum Gasteiger partial charge on any atom is -1.00 e. The Morgan fingerprint density at radius 2 is 1.82 bits per heavy atom. The van der Waals surface area contributed by atoms with Gasteiger partial charge in [0.1, 0.15) is 4.80 Å². The zero-order valence-corrected chi connectivity index (χ0v) is 9.50. The van der Waals surface area contributed by atoms with Crippen LogP contribution < -0.4 is 22.9 Å². The summed E-state index contributed by atoms with van der Waals surface area (Å²) in [5.41, 5.74) is 6.19. The van der Waals surface area contributed by atoms with Gasteiger partial charge in [-0.15, -0.1) is 0 Å². The third-order valence-electron chi connectivity index (χ3n) is 2.37. The molecule has 0 aliphatic carbocycles. The first kappa shape index (κ1) is 11.3. The van der Waals surface area contributed by atoms with Crippen molar-refractivity contribution >= 4 is 16.8 Å². The summed E-state index contributed by atoms with van der Waals surface area (Å²) in [5.74, 6) is 0. The first-order valence-electron chi connectivity index (χ1n) is 4.84. The molecule has 6 heteroatoms. The number of aromatic nitrogens is 3. The highest BCUT2D eigenvalue weighted by atomic mass is 35.5. The highest BCUT2D eigenvalue weighted by Gasteiger charge is 2.15. The first-order valence-corrected chi connectivity index (χ1v) is 4.84. The Kier molecular flexibility index (Phi) is 2.93. The van der Waals surface area contributed by atoms with Gasteiger partial charge in [-0.1, -0.05) is 24.3 Å². The summed E-state index contributed by atoms with van der Waals surface area (Å²) >= 11 is 0. The molecule has 3 rings (SSSR count). The average molecular weight is 249 g/mol. The molecular weight excluding hydrogens is 240 g/mol. The zero-order valence-electron chi connectivity index (χ0n) is 8.75. The normalized spacial score (nSPS) is 10.1. The molecule has 1 heterocycles. The predicted octanol–water partition coefficient (Wildman–Crippen LogP) is -1.91. The number of halogens is 1. The van der Waals surface area contributed by atoms with Gasteiger partial charge >= 0.3 is 6.01 Å². The van der Waals surface area contributed by atoms with E-state index in [4.69, 9.17) is 10.3 Å². The number of fused-ring (bicyclic) bond motifs is 1. The third kappa shape index (κ3) is 2.05. The summed E-state index contributed by atoms with van der Waals surface area (Å²) in [6, 6.07) is 14.0. The van der Waals surface area contributed by atoms with Gasteiger partial charge in [-0.25, -0.2) is 0 Å². The van der Waals surface area contributed by atoms with E-state index in [1.165, 1.54) is 10.2 Å². The van der Waals surface area contributed by atoms with Crippen molar-refractivity contribution in [3.63, 3.8) is 0 Å². The molecule has 0 unspecified atom stereocenters. The van der Waals surface area contributed by atoms with E-state index >= 15 is 0 Å². The lowest BCUT2D eigenvalue weighted by atomic mass is 10.1. The van der Waals surface area contributed by atoms with E-state index in [2.05, 4.69) is 10.4 Å². The maximum Gasteiger partial charge on any atom is 0.387 e. The maximum absolute atomic E-state index is 5.37. The fourth-order valence-electron chi connectivity index (χ4n) is 1.62. The van der Waals surface area contributed by atoms with Crippen LogP contribution in [-0.4, -0.2) is 10.4 Å². The number of nitrogen functional groups attached to an aromatic ring is 1. The molecule has 2 aromatic carbocycles. The van der Waals surface area contributed by atoms with Crippen LogP contribution in [0.5, 0.6) is 0 Å². The number of nitrogens with zero attached hydrogens (tertiary/aromatic N) is 3. The van der Waals surface area contributed by atoms with Gasteiger partial charge in [0, 0.05) is 12.1 Å². The smallest absolute Gasteiger partial charge is 0.387 e. The second-order valence-electron chi connectivity index (χ2n) is 3.43. The topological polar surface area (TPSA) is 68.8 Å². The van der Waals surface area contributed by atoms with Crippen LogP contribution in [0.2, 0.25) is 0 Å². The van der Waals surface area contributed by atoms with Gasteiger partial charge in [-0.05, 0) is 16.8 Å². The number of anilines is 1. The molecule has 0 fully saturated rings. The molecule has 0 amide bonds. The molecule has 1 aromatic heterocycles. The van der Waals surface area contributed by atoms with Crippen molar-refractivity contribution in [3.8, 4) is 5.69 Å². The quantitative estimate of drug-likeness (QED) is 0.510. The number of nitrogens with two attached hydrogens (primary N) is 1. The second kappa shape index (κ2) is 4.39. The Morgan fingerprint density at radius 1 is 1.06 bits per heavy atom. The van der Waals surface area contributed by atoms with Crippen molar-refractivity contribution in [2.75, 3.05) is 5.73 Å². The van der Waals surface area contributed by atoms with Crippen LogP contribution in [0.15, 0.2) is 47.0 Å². The maximum atomic E-state index is 5.37. The summed E-state index contributed by atoms with van der Waals surface area (Å²) < 4.78 is 4.71. The Balaban J connectivity index is 0.00000108. The van der Waals surface area contributed by atoms with Crippen molar-refractivity contribution in [3.05, 3.63) is 42.5 Å². The monoisotopic (exact) mass is 248 g/mol. The molecule has 17 heavy (non-hydrogen) atoms. The molecular formula is C11H9ClN4O. The van der Waals surface area contributed by atoms with Gasteiger partial charge in [-0.3, -0.25) is 4.52 Å². The van der Waals surface area contributed by atoms with Crippen LogP contribution in [0.4, 0.5) is 6.01 Å². The van der Waals surface area contributed by atoms with Gasteiger partial charge in [0.05, 0.1) is 5.10 Å². The van der Waals surface area contributed by atoms with Crippen molar-refractivity contribution in [2.24, 2.45) is 0 Å². The molecule has 0 radical (unpaired) electrons. The van der Waals surface area contributed by atoms with E-state index in [1.807, 2.05) is 42.5 Å². The van der Waals surface area contributed by atoms with E-state index in [-0.39, 0.29) is 18.4 Å². The van der Waals surface area contributed by atoms with Gasteiger partial charge in [-0.2, -0.15) is 0 Å². The molecule has 0 saturated heterocycles. The lowest BCUT2D eigenvalue weighted by Crippen LogP contribution is -3.00. The Morgan fingerprint density at radius 3 is 2.53 bits per heavy atom. The van der Waals surface area contributed by atoms with Crippen molar-refractivity contribution in [2.45, 2.75) is 0 Å². The standard InChI is InChI=1S/C11H9N4O.ClH/c12-11-13-15(14-16-11)10-6-5-8-3-1-2-4-9(8)7-10;/h1-7H,(H2,12,13,14);1H/q+1;/p-1. The molecule has 86 valence electrons. The molecule has 2 N–H and O–H groups in total. The minimum absolute atomic E-state index is 0. The summed E-state index contributed by atoms with van der Waals surface area (Å²) in [7, 11) is 0. The number of benzene rings is 2. The van der Waals surface area contributed by atoms with Crippen molar-refractivity contribution < 1.29 is 21.7 Å². The fraction of sp³-hybridized carbons (Fsp3) is 0. The van der Waals surface area contributed by atoms with Gasteiger partial charge in [0.2, 0.25) is 5.27 Å². The zero-order chi connectivity index (χ0) is 11.0. The van der Waals surface area contributed by atoms with Gasteiger partial charge in [0.15, 0.2) is 0 Å². The van der Waals surface area contributed by atoms with Crippen LogP contribution in [0, 0.1) is 0 Å². The summed E-state index contributed by atoms with van der Waals surface area (Å²) in [4.78, 5) is 1.36. The van der Waals surface area contributed by atoms with Crippen LogP contribution in [-0.2, 0) is 0 Å². The van der Waals surface area contributed by atoms with Crippen LogP contribution >= 0.6 is 0 Å². The summed E-state index contributed by atoms with van der Waals surface area (Å²) in [6.07, 6.45) is 0. The SMILES string of the molecule is Nc1n[n+](-c2ccc3ccccc3c2)no1.[Cl-]. The van der Waals surface area contributed by atoms with E-state index in [0.29, 0.717) is 0 Å². The van der Waals surface area contributed by atoms with Crippen LogP contribution in [0.1, 0.15) is 0 Å². The third-order valence-corrected chi connectivity index (χ3v) is 2.37. The fourth-order valence-corrected chi connectivity index (χ4v) is 1.62. The highest BCUT2D eigenvalue weighted by Crippen LogP contribution is 2.15. The minimum atomic E-state index is 0. The Labute approximate surface area is 103 Å². The molecule has 0 atom stereocenters. The molecule has 0 aliphatic rings. The lowest BCUT2D eigenvalue weighted by molar-refractivity contribution is -0.724. The lowest BCUT2D eigenvalue weighted by Gasteiger charge is -1.94. The summed E-state index contributed by atoms with van der Waals surface area (Å²) in [6.45, 7) is 0. The largest absolute Gasteiger partial charge is 1.00 e. The molecule has 0 spiro atoms. The van der Waals surface area contributed by atoms with Crippen molar-refractivity contribution in [1.82, 2.24) is 10.4 Å². The molecule has 0 aliphatic heterocycles. The predicted molar refractivity (Wildman–Crippen MR) is 57.7 cm³/mol. The highest BCUT2D eigenvalue weighted by molar-refractivity contribution is 5.83. The van der Waals surface area contributed by atoms with E-state index < -0.39 is 0 Å². The van der Waals surface area contributed by atoms with E-state index in [9.17, 15) is 0 Å². The number of hydrogen-bond acceptors (Lipinski definition) is 4. The van der Waals surface area contributed by atoms with E-state index in [0.717, 1.165) is 11.1 Å². The Hall–Kier alpha value is -2.14. The van der Waals surface area contributed by atoms with Crippen LogP contribution in [0.25, 0.3) is 16.5 Å². The second-order valence-corrected chi connectivity index (χ2v) is 3.43. The number of rotatable bonds is 1. The molecule has 3 aromatic rings. The van der Waals surface area contributed by atoms with E-state index in [1.54, 1.807) is 0 Å². The summed E-state index contributed by atoms with van der Waals surface area (Å²) in [5, 5.41) is 9.89. The molecule has 0 saturated carbocycles. The number of hydrogen-bond donors (Lipinski definition) is 1. The Bertz CT molecular complexity index is 653. The first-order chi connectivity index (χ1) is 7.83.